The van der Waals surface area contributed by atoms with Gasteiger partial charge in [0.05, 0.1) is 12.5 Å². The van der Waals surface area contributed by atoms with Gasteiger partial charge >= 0.3 is 5.97 Å². The fourth-order valence-corrected chi connectivity index (χ4v) is 6.73. The van der Waals surface area contributed by atoms with Crippen molar-refractivity contribution in [3.05, 3.63) is 77.0 Å². The monoisotopic (exact) mass is 631 g/mol. The van der Waals surface area contributed by atoms with E-state index in [4.69, 9.17) is 9.47 Å². The van der Waals surface area contributed by atoms with Crippen LogP contribution in [-0.4, -0.2) is 54.5 Å². The number of esters is 1. The molecule has 0 radical (unpaired) electrons. The number of carbonyl (C=O) groups is 2. The summed E-state index contributed by atoms with van der Waals surface area (Å²) in [6, 6.07) is 12.0. The first kappa shape index (κ1) is 32.0. The molecule has 2 saturated heterocycles. The number of aryl methyl sites for hydroxylation is 1. The van der Waals surface area contributed by atoms with Crippen molar-refractivity contribution in [2.45, 2.75) is 71.3 Å². The summed E-state index contributed by atoms with van der Waals surface area (Å²) >= 11 is 0. The van der Waals surface area contributed by atoms with E-state index in [1.807, 2.05) is 24.0 Å². The molecule has 0 unspecified atom stereocenters. The van der Waals surface area contributed by atoms with Crippen molar-refractivity contribution < 1.29 is 27.8 Å². The lowest BCUT2D eigenvalue weighted by molar-refractivity contribution is -0.148. The smallest absolute Gasteiger partial charge is 0.309 e. The molecule has 1 saturated carbocycles. The Kier molecular flexibility index (Phi) is 9.85. The van der Waals surface area contributed by atoms with Gasteiger partial charge in [-0.05, 0) is 105 Å². The third-order valence-electron chi connectivity index (χ3n) is 9.72. The van der Waals surface area contributed by atoms with Crippen LogP contribution in [0.4, 0.5) is 14.6 Å². The number of anilines is 1. The normalized spacial score (nSPS) is 17.7. The van der Waals surface area contributed by atoms with Crippen molar-refractivity contribution in [3.8, 4) is 16.9 Å². The van der Waals surface area contributed by atoms with Crippen molar-refractivity contribution in [3.63, 3.8) is 0 Å². The molecule has 244 valence electrons. The summed E-state index contributed by atoms with van der Waals surface area (Å²) in [7, 11) is 0. The molecule has 7 nitrogen and oxygen atoms in total. The van der Waals surface area contributed by atoms with Crippen molar-refractivity contribution in [1.29, 1.82) is 0 Å². The third-order valence-corrected chi connectivity index (χ3v) is 9.72. The Bertz CT molecular complexity index is 1560. The van der Waals surface area contributed by atoms with Crippen LogP contribution in [0.5, 0.6) is 5.75 Å². The lowest BCUT2D eigenvalue weighted by atomic mass is 9.87. The van der Waals surface area contributed by atoms with E-state index in [-0.39, 0.29) is 24.2 Å². The van der Waals surface area contributed by atoms with Crippen LogP contribution in [0.2, 0.25) is 0 Å². The van der Waals surface area contributed by atoms with Crippen LogP contribution in [0, 0.1) is 30.4 Å². The van der Waals surface area contributed by atoms with Gasteiger partial charge in [-0.15, -0.1) is 0 Å². The van der Waals surface area contributed by atoms with Crippen LogP contribution < -0.4 is 9.64 Å². The lowest BCUT2D eigenvalue weighted by Gasteiger charge is -2.32. The van der Waals surface area contributed by atoms with Crippen LogP contribution in [0.25, 0.3) is 11.1 Å². The molecular weight excluding hydrogens is 588 g/mol. The van der Waals surface area contributed by atoms with Crippen LogP contribution >= 0.6 is 0 Å². The Balaban J connectivity index is 1.11. The molecular formula is C37H43F2N3O4. The number of ether oxygens (including phenoxy) is 2. The second kappa shape index (κ2) is 14.2. The summed E-state index contributed by atoms with van der Waals surface area (Å²) in [6.07, 6.45) is 7.94. The average Bonchev–Trinajstić information content (AvgIpc) is 3.89. The first-order valence-electron chi connectivity index (χ1n) is 16.7. The van der Waals surface area contributed by atoms with Gasteiger partial charge < -0.3 is 19.3 Å². The largest absolute Gasteiger partial charge is 0.485 e. The van der Waals surface area contributed by atoms with Gasteiger partial charge in [0.1, 0.15) is 18.2 Å². The number of nitrogens with zero attached hydrogens (tertiary/aromatic N) is 3. The van der Waals surface area contributed by atoms with Gasteiger partial charge in [-0.2, -0.15) is 0 Å². The van der Waals surface area contributed by atoms with Crippen LogP contribution in [0.1, 0.15) is 74.5 Å². The van der Waals surface area contributed by atoms with Gasteiger partial charge in [-0.3, -0.25) is 9.59 Å². The number of pyridine rings is 1. The van der Waals surface area contributed by atoms with Gasteiger partial charge in [0.25, 0.3) is 0 Å². The van der Waals surface area contributed by atoms with Gasteiger partial charge in [-0.1, -0.05) is 18.2 Å². The van der Waals surface area contributed by atoms with E-state index in [2.05, 4.69) is 22.0 Å². The molecule has 1 aliphatic carbocycles. The topological polar surface area (TPSA) is 72.0 Å². The molecule has 3 fully saturated rings. The zero-order valence-corrected chi connectivity index (χ0v) is 26.8. The fraction of sp³-hybridized carbons (Fsp3) is 0.486. The average molecular weight is 632 g/mol. The second-order valence-corrected chi connectivity index (χ2v) is 13.0. The molecule has 0 atom stereocenters. The molecule has 0 bridgehead atoms. The molecule has 6 rings (SSSR count). The van der Waals surface area contributed by atoms with Gasteiger partial charge in [0, 0.05) is 50.4 Å². The number of hydrogen-bond donors (Lipinski definition) is 0. The van der Waals surface area contributed by atoms with E-state index in [1.165, 1.54) is 24.5 Å². The minimum Gasteiger partial charge on any atom is -0.485 e. The van der Waals surface area contributed by atoms with E-state index in [1.54, 1.807) is 19.2 Å². The zero-order chi connectivity index (χ0) is 32.2. The molecule has 1 amide bonds. The van der Waals surface area contributed by atoms with Crippen LogP contribution in [0.15, 0.2) is 48.7 Å². The standard InChI is InChI=1S/C37H43F2N3O4/c1-3-45-37(44)27-11-14-41(15-12-27)34-20-29(8-13-40-34)32-21-31(38)22-33(39)36(32)46-23-30-7-6-28(18-24(30)2)26-9-16-42(17-10-26)35(43)19-25-4-5-25/h6-8,13,18,20-22,25-27H,3-5,9-12,14-17,19,23H2,1-2H3. The van der Waals surface area contributed by atoms with E-state index in [0.29, 0.717) is 73.6 Å². The van der Waals surface area contributed by atoms with Gasteiger partial charge in [0.15, 0.2) is 11.6 Å². The Morgan fingerprint density at radius 1 is 0.935 bits per heavy atom. The summed E-state index contributed by atoms with van der Waals surface area (Å²) < 4.78 is 41.0. The number of halogens is 2. The number of rotatable bonds is 10. The fourth-order valence-electron chi connectivity index (χ4n) is 6.73. The molecule has 3 aliphatic rings. The van der Waals surface area contributed by atoms with E-state index >= 15 is 4.39 Å². The summed E-state index contributed by atoms with van der Waals surface area (Å²) in [5, 5.41) is 0. The van der Waals surface area contributed by atoms with E-state index in [9.17, 15) is 14.0 Å². The summed E-state index contributed by atoms with van der Waals surface area (Å²) in [5.74, 6) is 0.240. The zero-order valence-electron chi connectivity index (χ0n) is 26.8. The highest BCUT2D eigenvalue weighted by molar-refractivity contribution is 5.77. The molecule has 0 spiro atoms. The molecule has 2 aliphatic heterocycles. The maximum atomic E-state index is 15.2. The predicted molar refractivity (Wildman–Crippen MR) is 173 cm³/mol. The Hall–Kier alpha value is -4.01. The first-order valence-corrected chi connectivity index (χ1v) is 16.7. The number of carbonyl (C=O) groups excluding carboxylic acids is 2. The SMILES string of the molecule is CCOC(=O)C1CCN(c2cc(-c3cc(F)cc(F)c3OCc3ccc(C4CCN(C(=O)CC5CC5)CC4)cc3C)ccn2)CC1. The summed E-state index contributed by atoms with van der Waals surface area (Å²) in [6.45, 7) is 7.20. The molecule has 2 aromatic carbocycles. The van der Waals surface area contributed by atoms with Crippen molar-refractivity contribution in [2.24, 2.45) is 11.8 Å². The number of aromatic nitrogens is 1. The van der Waals surface area contributed by atoms with E-state index < -0.39 is 11.6 Å². The first-order chi connectivity index (χ1) is 22.3. The number of likely N-dealkylation sites (tertiary alicyclic amines) is 1. The Morgan fingerprint density at radius 3 is 2.39 bits per heavy atom. The summed E-state index contributed by atoms with van der Waals surface area (Å²) in [5.41, 5.74) is 4.14. The lowest BCUT2D eigenvalue weighted by Crippen LogP contribution is -2.38. The van der Waals surface area contributed by atoms with Gasteiger partial charge in [-0.25, -0.2) is 13.8 Å². The third kappa shape index (κ3) is 7.51. The van der Waals surface area contributed by atoms with Crippen molar-refractivity contribution in [2.75, 3.05) is 37.7 Å². The summed E-state index contributed by atoms with van der Waals surface area (Å²) in [4.78, 5) is 33.3. The minimum atomic E-state index is -0.763. The van der Waals surface area contributed by atoms with Gasteiger partial charge in [0.2, 0.25) is 5.91 Å². The van der Waals surface area contributed by atoms with E-state index in [0.717, 1.165) is 43.1 Å². The molecule has 46 heavy (non-hydrogen) atoms. The van der Waals surface area contributed by atoms with Crippen molar-refractivity contribution in [1.82, 2.24) is 9.88 Å². The van der Waals surface area contributed by atoms with Crippen molar-refractivity contribution >= 4 is 17.7 Å². The number of hydrogen-bond acceptors (Lipinski definition) is 6. The number of piperidine rings is 2. The minimum absolute atomic E-state index is 0.00807. The molecule has 1 aromatic heterocycles. The van der Waals surface area contributed by atoms with Crippen LogP contribution in [-0.2, 0) is 20.9 Å². The number of amides is 1. The highest BCUT2D eigenvalue weighted by atomic mass is 19.1. The van der Waals surface area contributed by atoms with Crippen LogP contribution in [0.3, 0.4) is 0 Å². The maximum absolute atomic E-state index is 15.2. The predicted octanol–water partition coefficient (Wildman–Crippen LogP) is 7.20. The second-order valence-electron chi connectivity index (χ2n) is 13.0. The molecule has 3 heterocycles. The highest BCUT2D eigenvalue weighted by Gasteiger charge is 2.30. The number of benzene rings is 2. The maximum Gasteiger partial charge on any atom is 0.309 e. The Labute approximate surface area is 269 Å². The quantitative estimate of drug-likeness (QED) is 0.221. The Morgan fingerprint density at radius 2 is 1.70 bits per heavy atom. The molecule has 9 heteroatoms. The molecule has 3 aromatic rings. The molecule has 0 N–H and O–H groups in total. The highest BCUT2D eigenvalue weighted by Crippen LogP contribution is 2.37.